The van der Waals surface area contributed by atoms with Crippen LogP contribution < -0.4 is 21.9 Å². The molecule has 2 aromatic rings. The van der Waals surface area contributed by atoms with Crippen molar-refractivity contribution in [3.63, 3.8) is 0 Å². The van der Waals surface area contributed by atoms with Crippen molar-refractivity contribution >= 4 is 23.0 Å². The number of nitrogen functional groups attached to an aromatic ring is 1. The first-order chi connectivity index (χ1) is 9.70. The molecule has 5 N–H and O–H groups in total. The molecular weight excluding hydrogens is 252 g/mol. The topological polar surface area (TPSA) is 87.9 Å². The monoisotopic (exact) mass is 272 g/mol. The Hall–Kier alpha value is -2.50. The summed E-state index contributed by atoms with van der Waals surface area (Å²) in [5.41, 5.74) is 13.5. The fourth-order valence-corrected chi connectivity index (χ4v) is 1.60. The van der Waals surface area contributed by atoms with E-state index in [4.69, 9.17) is 5.73 Å². The van der Waals surface area contributed by atoms with Gasteiger partial charge in [0, 0.05) is 6.04 Å². The third-order valence-corrected chi connectivity index (χ3v) is 2.98. The smallest absolute Gasteiger partial charge is 0.173 e. The number of hydrazine groups is 1. The number of hydrogen-bond donors (Lipinski definition) is 4. The molecule has 1 aromatic heterocycles. The summed E-state index contributed by atoms with van der Waals surface area (Å²) in [6.07, 6.45) is 2.48. The molecule has 0 fully saturated rings. The molecule has 0 amide bonds. The summed E-state index contributed by atoms with van der Waals surface area (Å²) in [6, 6.07) is 10.1. The second-order valence-electron chi connectivity index (χ2n) is 4.55. The van der Waals surface area contributed by atoms with Crippen LogP contribution in [0.4, 0.5) is 23.0 Å². The standard InChI is InChI=1S/C14H20N6/c1-3-10(2)18-13-12(15)14(17-9-16-13)20-19-11-7-5-4-6-8-11/h4-10,19H,3,15H2,1-2H3,(H2,16,17,18,20). The average molecular weight is 272 g/mol. The molecule has 0 aliphatic carbocycles. The summed E-state index contributed by atoms with van der Waals surface area (Å²) in [6.45, 7) is 4.18. The normalized spacial score (nSPS) is 11.7. The van der Waals surface area contributed by atoms with Crippen LogP contribution in [0, 0.1) is 0 Å². The van der Waals surface area contributed by atoms with Crippen LogP contribution in [0.15, 0.2) is 36.7 Å². The molecule has 0 aliphatic heterocycles. The number of para-hydroxylation sites is 1. The van der Waals surface area contributed by atoms with Crippen LogP contribution in [-0.2, 0) is 0 Å². The molecule has 1 aromatic carbocycles. The van der Waals surface area contributed by atoms with Gasteiger partial charge in [-0.1, -0.05) is 25.1 Å². The Balaban J connectivity index is 2.06. The molecule has 20 heavy (non-hydrogen) atoms. The molecule has 1 unspecified atom stereocenters. The van der Waals surface area contributed by atoms with Gasteiger partial charge in [0.05, 0.1) is 5.69 Å². The number of nitrogens with one attached hydrogen (secondary N) is 3. The zero-order valence-electron chi connectivity index (χ0n) is 11.7. The zero-order valence-corrected chi connectivity index (χ0v) is 11.7. The van der Waals surface area contributed by atoms with Crippen LogP contribution in [0.2, 0.25) is 0 Å². The zero-order chi connectivity index (χ0) is 14.4. The third kappa shape index (κ3) is 3.50. The fourth-order valence-electron chi connectivity index (χ4n) is 1.60. The molecule has 1 atom stereocenters. The molecule has 106 valence electrons. The van der Waals surface area contributed by atoms with Crippen LogP contribution in [-0.4, -0.2) is 16.0 Å². The van der Waals surface area contributed by atoms with Gasteiger partial charge >= 0.3 is 0 Å². The van der Waals surface area contributed by atoms with Gasteiger partial charge in [-0.25, -0.2) is 9.97 Å². The Morgan fingerprint density at radius 3 is 2.50 bits per heavy atom. The number of rotatable bonds is 6. The molecule has 0 radical (unpaired) electrons. The number of nitrogens with two attached hydrogens (primary N) is 1. The Labute approximate surface area is 118 Å². The predicted octanol–water partition coefficient (Wildman–Crippen LogP) is 2.71. The minimum absolute atomic E-state index is 0.308. The maximum absolute atomic E-state index is 6.06. The third-order valence-electron chi connectivity index (χ3n) is 2.98. The highest BCUT2D eigenvalue weighted by Gasteiger charge is 2.09. The van der Waals surface area contributed by atoms with Gasteiger partial charge in [0.2, 0.25) is 0 Å². The van der Waals surface area contributed by atoms with Gasteiger partial charge in [-0.2, -0.15) is 0 Å². The Bertz CT molecular complexity index is 543. The van der Waals surface area contributed by atoms with Crippen molar-refractivity contribution in [1.82, 2.24) is 9.97 Å². The summed E-state index contributed by atoms with van der Waals surface area (Å²) in [7, 11) is 0. The van der Waals surface area contributed by atoms with E-state index >= 15 is 0 Å². The van der Waals surface area contributed by atoms with Crippen LogP contribution in [0.5, 0.6) is 0 Å². The number of aromatic nitrogens is 2. The first-order valence-corrected chi connectivity index (χ1v) is 6.64. The Kier molecular flexibility index (Phi) is 4.60. The van der Waals surface area contributed by atoms with Crippen molar-refractivity contribution in [1.29, 1.82) is 0 Å². The van der Waals surface area contributed by atoms with E-state index in [1.807, 2.05) is 30.3 Å². The summed E-state index contributed by atoms with van der Waals surface area (Å²) in [5.74, 6) is 1.20. The molecule has 6 nitrogen and oxygen atoms in total. The van der Waals surface area contributed by atoms with E-state index in [2.05, 4.69) is 40.0 Å². The number of benzene rings is 1. The lowest BCUT2D eigenvalue weighted by molar-refractivity contribution is 0.759. The average Bonchev–Trinajstić information content (AvgIpc) is 2.49. The highest BCUT2D eigenvalue weighted by Crippen LogP contribution is 2.23. The molecule has 0 bridgehead atoms. The minimum Gasteiger partial charge on any atom is -0.393 e. The maximum atomic E-state index is 6.06. The second kappa shape index (κ2) is 6.60. The molecule has 0 saturated carbocycles. The first kappa shape index (κ1) is 13.9. The van der Waals surface area contributed by atoms with Crippen LogP contribution in [0.1, 0.15) is 20.3 Å². The van der Waals surface area contributed by atoms with Gasteiger partial charge < -0.3 is 11.1 Å². The number of hydrogen-bond acceptors (Lipinski definition) is 6. The van der Waals surface area contributed by atoms with Crippen molar-refractivity contribution in [2.45, 2.75) is 26.3 Å². The van der Waals surface area contributed by atoms with E-state index in [9.17, 15) is 0 Å². The lowest BCUT2D eigenvalue weighted by atomic mass is 10.2. The van der Waals surface area contributed by atoms with Crippen molar-refractivity contribution in [3.05, 3.63) is 36.7 Å². The van der Waals surface area contributed by atoms with Crippen molar-refractivity contribution in [2.75, 3.05) is 21.9 Å². The van der Waals surface area contributed by atoms with Crippen LogP contribution >= 0.6 is 0 Å². The summed E-state index contributed by atoms with van der Waals surface area (Å²) < 4.78 is 0. The van der Waals surface area contributed by atoms with Crippen molar-refractivity contribution in [3.8, 4) is 0 Å². The lowest BCUT2D eigenvalue weighted by Gasteiger charge is -2.16. The number of anilines is 4. The maximum Gasteiger partial charge on any atom is 0.173 e. The Morgan fingerprint density at radius 1 is 1.10 bits per heavy atom. The predicted molar refractivity (Wildman–Crippen MR) is 83.5 cm³/mol. The highest BCUT2D eigenvalue weighted by atomic mass is 15.4. The summed E-state index contributed by atoms with van der Waals surface area (Å²) in [4.78, 5) is 8.30. The largest absolute Gasteiger partial charge is 0.393 e. The molecule has 1 heterocycles. The van der Waals surface area contributed by atoms with E-state index < -0.39 is 0 Å². The fraction of sp³-hybridized carbons (Fsp3) is 0.286. The van der Waals surface area contributed by atoms with Gasteiger partial charge in [-0.15, -0.1) is 0 Å². The minimum atomic E-state index is 0.308. The lowest BCUT2D eigenvalue weighted by Crippen LogP contribution is -2.18. The van der Waals surface area contributed by atoms with Gasteiger partial charge in [0.25, 0.3) is 0 Å². The van der Waals surface area contributed by atoms with Gasteiger partial charge in [-0.05, 0) is 25.5 Å². The van der Waals surface area contributed by atoms with Crippen LogP contribution in [0.3, 0.4) is 0 Å². The highest BCUT2D eigenvalue weighted by molar-refractivity contribution is 5.75. The SMILES string of the molecule is CCC(C)Nc1ncnc(NNc2ccccc2)c1N. The first-order valence-electron chi connectivity index (χ1n) is 6.64. The van der Waals surface area contributed by atoms with Gasteiger partial charge in [0.1, 0.15) is 12.0 Å². The molecule has 0 spiro atoms. The van der Waals surface area contributed by atoms with E-state index in [0.29, 0.717) is 23.4 Å². The molecule has 6 heteroatoms. The molecule has 0 saturated heterocycles. The quantitative estimate of drug-likeness (QED) is 0.605. The Morgan fingerprint density at radius 2 is 1.80 bits per heavy atom. The summed E-state index contributed by atoms with van der Waals surface area (Å²) >= 11 is 0. The van der Waals surface area contributed by atoms with E-state index in [-0.39, 0.29) is 0 Å². The van der Waals surface area contributed by atoms with Crippen molar-refractivity contribution in [2.24, 2.45) is 0 Å². The van der Waals surface area contributed by atoms with Crippen molar-refractivity contribution < 1.29 is 0 Å². The molecule has 2 rings (SSSR count). The second-order valence-corrected chi connectivity index (χ2v) is 4.55. The summed E-state index contributed by atoms with van der Waals surface area (Å²) in [5, 5.41) is 3.25. The molecule has 0 aliphatic rings. The molecular formula is C14H20N6. The van der Waals surface area contributed by atoms with Gasteiger partial charge in [-0.3, -0.25) is 10.9 Å². The van der Waals surface area contributed by atoms with Gasteiger partial charge in [0.15, 0.2) is 11.6 Å². The van der Waals surface area contributed by atoms with E-state index in [0.717, 1.165) is 12.1 Å². The number of nitrogens with zero attached hydrogens (tertiary/aromatic N) is 2. The van der Waals surface area contributed by atoms with E-state index in [1.54, 1.807) is 0 Å². The van der Waals surface area contributed by atoms with E-state index in [1.165, 1.54) is 6.33 Å². The van der Waals surface area contributed by atoms with Crippen LogP contribution in [0.25, 0.3) is 0 Å².